The molecule has 1 saturated carbocycles. The maximum Gasteiger partial charge on any atom is 0.243 e. The number of hydrogen-bond acceptors (Lipinski definition) is 5. The Morgan fingerprint density at radius 2 is 1.92 bits per heavy atom. The summed E-state index contributed by atoms with van der Waals surface area (Å²) in [4.78, 5) is 39.6. The quantitative estimate of drug-likeness (QED) is 0.391. The van der Waals surface area contributed by atoms with E-state index in [1.54, 1.807) is 35.0 Å². The number of rotatable bonds is 10. The number of amides is 2. The van der Waals surface area contributed by atoms with E-state index in [1.165, 1.54) is 24.0 Å². The van der Waals surface area contributed by atoms with E-state index < -0.39 is 21.6 Å². The van der Waals surface area contributed by atoms with Crippen molar-refractivity contribution >= 4 is 49.9 Å². The van der Waals surface area contributed by atoms with Crippen LogP contribution in [0.1, 0.15) is 41.3 Å². The number of ketones is 1. The van der Waals surface area contributed by atoms with Gasteiger partial charge in [-0.25, -0.2) is 12.8 Å². The van der Waals surface area contributed by atoms with Crippen LogP contribution in [0.4, 0.5) is 4.39 Å². The van der Waals surface area contributed by atoms with Gasteiger partial charge in [0, 0.05) is 47.1 Å². The van der Waals surface area contributed by atoms with Gasteiger partial charge in [0.05, 0.1) is 17.3 Å². The molecule has 1 aliphatic rings. The molecule has 0 bridgehead atoms. The Morgan fingerprint density at radius 3 is 2.57 bits per heavy atom. The van der Waals surface area contributed by atoms with Crippen molar-refractivity contribution in [2.75, 3.05) is 12.8 Å². The molecule has 0 unspecified atom stereocenters. The van der Waals surface area contributed by atoms with Crippen molar-refractivity contribution in [1.29, 1.82) is 0 Å². The Hall–Kier alpha value is -3.24. The lowest BCUT2D eigenvalue weighted by molar-refractivity contribution is -0.137. The number of Topliss-reactive ketones (excluding diaryl/α,β-unsaturated/α-hetero) is 1. The Morgan fingerprint density at radius 1 is 1.19 bits per heavy atom. The largest absolute Gasteiger partial charge is 0.350 e. The first-order valence-electron chi connectivity index (χ1n) is 11.7. The maximum atomic E-state index is 14.1. The molecule has 1 N–H and O–H groups in total. The van der Waals surface area contributed by atoms with Crippen LogP contribution < -0.4 is 5.32 Å². The number of sulfone groups is 1. The first-order chi connectivity index (χ1) is 17.4. The van der Waals surface area contributed by atoms with Gasteiger partial charge < -0.3 is 14.8 Å². The second kappa shape index (κ2) is 10.6. The third-order valence-corrected chi connectivity index (χ3v) is 7.34. The van der Waals surface area contributed by atoms with Gasteiger partial charge in [0.25, 0.3) is 0 Å². The SMILES string of the molecule is CC(=O)c1cn(CC(=O)N(CC(=O)NCc2cccc(Cl)c2F)C2CC2)c2ccc(CS(C)(=O)=O)cc12. The Bertz CT molecular complexity index is 1500. The number of fused-ring (bicyclic) bond motifs is 1. The summed E-state index contributed by atoms with van der Waals surface area (Å²) in [6.07, 6.45) is 4.28. The smallest absolute Gasteiger partial charge is 0.243 e. The summed E-state index contributed by atoms with van der Waals surface area (Å²) < 4.78 is 39.2. The molecular weight excluding hydrogens is 521 g/mol. The lowest BCUT2D eigenvalue weighted by Crippen LogP contribution is -2.43. The zero-order chi connectivity index (χ0) is 26.9. The highest BCUT2D eigenvalue weighted by molar-refractivity contribution is 7.89. The van der Waals surface area contributed by atoms with Crippen LogP contribution in [0.15, 0.2) is 42.6 Å². The average molecular weight is 548 g/mol. The minimum atomic E-state index is -3.26. The van der Waals surface area contributed by atoms with Crippen LogP contribution in [0.2, 0.25) is 5.02 Å². The second-order valence-electron chi connectivity index (χ2n) is 9.39. The van der Waals surface area contributed by atoms with Crippen LogP contribution in [0.3, 0.4) is 0 Å². The predicted octanol–water partition coefficient (Wildman–Crippen LogP) is 3.49. The third kappa shape index (κ3) is 6.56. The number of carbonyl (C=O) groups is 3. The van der Waals surface area contributed by atoms with Crippen LogP contribution in [0, 0.1) is 5.82 Å². The number of hydrogen-bond donors (Lipinski definition) is 1. The second-order valence-corrected chi connectivity index (χ2v) is 11.9. The number of benzene rings is 2. The van der Waals surface area contributed by atoms with E-state index >= 15 is 0 Å². The van der Waals surface area contributed by atoms with Gasteiger partial charge in [-0.2, -0.15) is 0 Å². The number of halogens is 2. The van der Waals surface area contributed by atoms with Crippen molar-refractivity contribution in [1.82, 2.24) is 14.8 Å². The van der Waals surface area contributed by atoms with Gasteiger partial charge in [-0.1, -0.05) is 29.8 Å². The maximum absolute atomic E-state index is 14.1. The van der Waals surface area contributed by atoms with Gasteiger partial charge >= 0.3 is 0 Å². The van der Waals surface area contributed by atoms with E-state index in [-0.39, 0.29) is 53.7 Å². The Labute approximate surface area is 219 Å². The molecule has 0 spiro atoms. The van der Waals surface area contributed by atoms with Gasteiger partial charge in [0.1, 0.15) is 12.4 Å². The minimum absolute atomic E-state index is 0.0335. The average Bonchev–Trinajstić information content (AvgIpc) is 3.59. The minimum Gasteiger partial charge on any atom is -0.350 e. The van der Waals surface area contributed by atoms with Gasteiger partial charge in [0.15, 0.2) is 15.6 Å². The zero-order valence-electron chi connectivity index (χ0n) is 20.5. The molecule has 196 valence electrons. The fourth-order valence-electron chi connectivity index (χ4n) is 4.28. The number of nitrogens with zero attached hydrogens (tertiary/aromatic N) is 2. The van der Waals surface area contributed by atoms with Gasteiger partial charge in [-0.05, 0) is 43.5 Å². The molecule has 1 fully saturated rings. The first kappa shape index (κ1) is 26.8. The van der Waals surface area contributed by atoms with Crippen molar-refractivity contribution in [2.45, 2.75) is 44.6 Å². The Kier molecular flexibility index (Phi) is 7.70. The van der Waals surface area contributed by atoms with E-state index in [2.05, 4.69) is 5.32 Å². The van der Waals surface area contributed by atoms with Crippen molar-refractivity contribution in [3.63, 3.8) is 0 Å². The molecule has 0 saturated heterocycles. The van der Waals surface area contributed by atoms with E-state index in [9.17, 15) is 27.2 Å². The molecule has 0 radical (unpaired) electrons. The summed E-state index contributed by atoms with van der Waals surface area (Å²) in [5.41, 5.74) is 1.80. The van der Waals surface area contributed by atoms with Crippen LogP contribution in [-0.4, -0.2) is 54.3 Å². The molecule has 37 heavy (non-hydrogen) atoms. The highest BCUT2D eigenvalue weighted by atomic mass is 35.5. The number of carbonyl (C=O) groups excluding carboxylic acids is 3. The van der Waals surface area contributed by atoms with Crippen molar-refractivity contribution in [3.05, 3.63) is 70.1 Å². The molecule has 11 heteroatoms. The molecule has 2 amide bonds. The normalized spacial score (nSPS) is 13.5. The summed E-state index contributed by atoms with van der Waals surface area (Å²) >= 11 is 5.79. The van der Waals surface area contributed by atoms with E-state index in [4.69, 9.17) is 11.6 Å². The molecule has 1 aromatic heterocycles. The molecule has 2 aromatic carbocycles. The van der Waals surface area contributed by atoms with E-state index in [0.29, 0.717) is 22.0 Å². The van der Waals surface area contributed by atoms with E-state index in [1.807, 2.05) is 0 Å². The predicted molar refractivity (Wildman–Crippen MR) is 138 cm³/mol. The lowest BCUT2D eigenvalue weighted by atomic mass is 10.1. The summed E-state index contributed by atoms with van der Waals surface area (Å²) in [5.74, 6) is -1.68. The van der Waals surface area contributed by atoms with E-state index in [0.717, 1.165) is 19.1 Å². The fraction of sp³-hybridized carbons (Fsp3) is 0.346. The van der Waals surface area contributed by atoms with Crippen LogP contribution in [0.25, 0.3) is 10.9 Å². The highest BCUT2D eigenvalue weighted by Gasteiger charge is 2.34. The fourth-order valence-corrected chi connectivity index (χ4v) is 5.26. The molecule has 1 heterocycles. The molecule has 3 aromatic rings. The third-order valence-electron chi connectivity index (χ3n) is 6.19. The molecule has 8 nitrogen and oxygen atoms in total. The van der Waals surface area contributed by atoms with Crippen molar-refractivity contribution < 1.29 is 27.2 Å². The molecular formula is C26H27ClFN3O5S. The summed E-state index contributed by atoms with van der Waals surface area (Å²) in [6, 6.07) is 9.50. The molecule has 4 rings (SSSR count). The first-order valence-corrected chi connectivity index (χ1v) is 14.2. The van der Waals surface area contributed by atoms with Crippen LogP contribution >= 0.6 is 11.6 Å². The summed E-state index contributed by atoms with van der Waals surface area (Å²) in [6.45, 7) is 1.08. The number of aromatic nitrogens is 1. The summed E-state index contributed by atoms with van der Waals surface area (Å²) in [5, 5.41) is 3.18. The monoisotopic (exact) mass is 547 g/mol. The summed E-state index contributed by atoms with van der Waals surface area (Å²) in [7, 11) is -3.26. The highest BCUT2D eigenvalue weighted by Crippen LogP contribution is 2.29. The van der Waals surface area contributed by atoms with Crippen molar-refractivity contribution in [2.24, 2.45) is 0 Å². The standard InChI is InChI=1S/C26H27ClFN3O5S/c1-16(32)21-12-30(23-9-6-17(10-20(21)23)15-37(2,35)36)14-25(34)31(19-7-8-19)13-24(33)29-11-18-4-3-5-22(27)26(18)28/h3-6,9-10,12,19H,7-8,11,13-15H2,1-2H3,(H,29,33). The molecule has 0 atom stereocenters. The van der Waals surface area contributed by atoms with Gasteiger partial charge in [-0.3, -0.25) is 14.4 Å². The molecule has 1 aliphatic carbocycles. The van der Waals surface area contributed by atoms with Crippen molar-refractivity contribution in [3.8, 4) is 0 Å². The van der Waals surface area contributed by atoms with Crippen LogP contribution in [0.5, 0.6) is 0 Å². The van der Waals surface area contributed by atoms with Crippen LogP contribution in [-0.2, 0) is 38.3 Å². The van der Waals surface area contributed by atoms with Gasteiger partial charge in [0.2, 0.25) is 11.8 Å². The zero-order valence-corrected chi connectivity index (χ0v) is 22.0. The molecule has 0 aliphatic heterocycles. The Balaban J connectivity index is 1.50. The topological polar surface area (TPSA) is 106 Å². The van der Waals surface area contributed by atoms with Gasteiger partial charge in [-0.15, -0.1) is 0 Å². The number of nitrogens with one attached hydrogen (secondary N) is 1. The lowest BCUT2D eigenvalue weighted by Gasteiger charge is -2.22.